The Morgan fingerprint density at radius 1 is 1.24 bits per heavy atom. The third kappa shape index (κ3) is 3.58. The summed E-state index contributed by atoms with van der Waals surface area (Å²) in [6, 6.07) is 3.17. The van der Waals surface area contributed by atoms with Gasteiger partial charge in [-0.1, -0.05) is 30.9 Å². The van der Waals surface area contributed by atoms with E-state index in [1.54, 1.807) is 12.1 Å². The molecule has 0 aromatic heterocycles. The first-order chi connectivity index (χ1) is 9.91. The molecule has 0 radical (unpaired) electrons. The van der Waals surface area contributed by atoms with Gasteiger partial charge in [0.05, 0.1) is 0 Å². The Hall–Kier alpha value is -1.06. The highest BCUT2D eigenvalue weighted by molar-refractivity contribution is 6.33. The van der Waals surface area contributed by atoms with Crippen molar-refractivity contribution in [1.82, 2.24) is 0 Å². The first-order valence-corrected chi connectivity index (χ1v) is 7.94. The van der Waals surface area contributed by atoms with Crippen LogP contribution >= 0.6 is 23.2 Å². The van der Waals surface area contributed by atoms with Crippen LogP contribution < -0.4 is 0 Å². The predicted molar refractivity (Wildman–Crippen MR) is 83.5 cm³/mol. The van der Waals surface area contributed by atoms with E-state index in [9.17, 15) is 9.59 Å². The Morgan fingerprint density at radius 2 is 1.86 bits per heavy atom. The molecule has 1 saturated carbocycles. The van der Waals surface area contributed by atoms with Gasteiger partial charge >= 0.3 is 5.97 Å². The van der Waals surface area contributed by atoms with Crippen LogP contribution in [-0.2, 0) is 4.79 Å². The van der Waals surface area contributed by atoms with Gasteiger partial charge in [0, 0.05) is 10.6 Å². The molecule has 2 rings (SSSR count). The third-order valence-electron chi connectivity index (χ3n) is 4.05. The standard InChI is InChI=1S/C16H18Cl2O3/c1-9(19)12-7-11(15(18)16(20)21)8-13(17)14(12)10-5-3-2-4-6-10/h7-8,10,15H,2-6H2,1H3,(H,20,21). The number of halogens is 2. The molecule has 0 aliphatic heterocycles. The average molecular weight is 329 g/mol. The SMILES string of the molecule is CC(=O)c1cc(C(Cl)C(=O)O)cc(Cl)c1C1CCCCC1. The Kier molecular flexibility index (Phi) is 5.28. The number of Topliss-reactive ketones (excluding diaryl/α,β-unsaturated/α-hetero) is 1. The molecule has 1 aliphatic carbocycles. The van der Waals surface area contributed by atoms with E-state index in [4.69, 9.17) is 28.3 Å². The Bertz CT molecular complexity index is 563. The fraction of sp³-hybridized carbons (Fsp3) is 0.500. The van der Waals surface area contributed by atoms with Crippen LogP contribution in [0.25, 0.3) is 0 Å². The molecule has 1 atom stereocenters. The quantitative estimate of drug-likeness (QED) is 0.628. The van der Waals surface area contributed by atoms with E-state index in [2.05, 4.69) is 0 Å². The Labute approximate surface area is 134 Å². The van der Waals surface area contributed by atoms with Crippen molar-refractivity contribution in [3.8, 4) is 0 Å². The lowest BCUT2D eigenvalue weighted by Crippen LogP contribution is -2.13. The van der Waals surface area contributed by atoms with Crippen molar-refractivity contribution < 1.29 is 14.7 Å². The summed E-state index contributed by atoms with van der Waals surface area (Å²) >= 11 is 12.2. The average Bonchev–Trinajstić information content (AvgIpc) is 2.46. The molecule has 1 aromatic rings. The van der Waals surface area contributed by atoms with Gasteiger partial charge in [-0.25, -0.2) is 0 Å². The van der Waals surface area contributed by atoms with Gasteiger partial charge in [-0.05, 0) is 48.9 Å². The van der Waals surface area contributed by atoms with Crippen LogP contribution in [-0.4, -0.2) is 16.9 Å². The molecule has 21 heavy (non-hydrogen) atoms. The smallest absolute Gasteiger partial charge is 0.326 e. The first kappa shape index (κ1) is 16.3. The Morgan fingerprint density at radius 3 is 2.38 bits per heavy atom. The summed E-state index contributed by atoms with van der Waals surface area (Å²) in [6.45, 7) is 1.48. The maximum absolute atomic E-state index is 12.0. The number of rotatable bonds is 4. The molecule has 5 heteroatoms. The largest absolute Gasteiger partial charge is 0.480 e. The molecule has 1 aromatic carbocycles. The molecule has 0 bridgehead atoms. The second-order valence-corrected chi connectivity index (χ2v) is 6.40. The summed E-state index contributed by atoms with van der Waals surface area (Å²) in [5, 5.41) is 8.28. The van der Waals surface area contributed by atoms with Crippen molar-refractivity contribution in [1.29, 1.82) is 0 Å². The minimum Gasteiger partial charge on any atom is -0.480 e. The van der Waals surface area contributed by atoms with Crippen molar-refractivity contribution in [2.24, 2.45) is 0 Å². The molecule has 1 N–H and O–H groups in total. The predicted octanol–water partition coefficient (Wildman–Crippen LogP) is 4.95. The highest BCUT2D eigenvalue weighted by atomic mass is 35.5. The lowest BCUT2D eigenvalue weighted by atomic mass is 9.81. The van der Waals surface area contributed by atoms with Crippen LogP contribution in [0.2, 0.25) is 5.02 Å². The molecule has 0 amide bonds. The summed E-state index contributed by atoms with van der Waals surface area (Å²) in [5.74, 6) is -0.973. The second kappa shape index (κ2) is 6.80. The number of hydrogen-bond acceptors (Lipinski definition) is 2. The van der Waals surface area contributed by atoms with Crippen LogP contribution in [0.4, 0.5) is 0 Å². The summed E-state index contributed by atoms with van der Waals surface area (Å²) in [7, 11) is 0. The monoisotopic (exact) mass is 328 g/mol. The highest BCUT2D eigenvalue weighted by Crippen LogP contribution is 2.40. The molecule has 114 valence electrons. The van der Waals surface area contributed by atoms with Crippen LogP contribution in [0.3, 0.4) is 0 Å². The third-order valence-corrected chi connectivity index (χ3v) is 4.81. The highest BCUT2D eigenvalue weighted by Gasteiger charge is 2.26. The lowest BCUT2D eigenvalue weighted by molar-refractivity contribution is -0.136. The summed E-state index contributed by atoms with van der Waals surface area (Å²) in [6.07, 6.45) is 5.51. The van der Waals surface area contributed by atoms with Gasteiger partial charge in [-0.2, -0.15) is 0 Å². The number of alkyl halides is 1. The Balaban J connectivity index is 2.49. The summed E-state index contributed by atoms with van der Waals surface area (Å²) in [5.41, 5.74) is 1.73. The zero-order valence-corrected chi connectivity index (χ0v) is 13.4. The molecular weight excluding hydrogens is 311 g/mol. The van der Waals surface area contributed by atoms with Crippen molar-refractivity contribution in [2.75, 3.05) is 0 Å². The molecule has 0 heterocycles. The van der Waals surface area contributed by atoms with E-state index in [0.29, 0.717) is 16.1 Å². The normalized spacial score (nSPS) is 17.5. The minimum absolute atomic E-state index is 0.103. The van der Waals surface area contributed by atoms with Crippen molar-refractivity contribution in [3.63, 3.8) is 0 Å². The number of benzene rings is 1. The number of carbonyl (C=O) groups excluding carboxylic acids is 1. The minimum atomic E-state index is -1.19. The number of carboxylic acids is 1. The van der Waals surface area contributed by atoms with E-state index in [0.717, 1.165) is 31.2 Å². The fourth-order valence-electron chi connectivity index (χ4n) is 3.03. The zero-order valence-electron chi connectivity index (χ0n) is 11.9. The second-order valence-electron chi connectivity index (χ2n) is 5.56. The van der Waals surface area contributed by atoms with Crippen LogP contribution in [0, 0.1) is 0 Å². The molecule has 1 fully saturated rings. The maximum atomic E-state index is 12.0. The van der Waals surface area contributed by atoms with E-state index >= 15 is 0 Å². The molecular formula is C16H18Cl2O3. The van der Waals surface area contributed by atoms with E-state index in [1.807, 2.05) is 0 Å². The first-order valence-electron chi connectivity index (χ1n) is 7.13. The number of hydrogen-bond donors (Lipinski definition) is 1. The van der Waals surface area contributed by atoms with Gasteiger partial charge in [0.25, 0.3) is 0 Å². The zero-order chi connectivity index (χ0) is 15.6. The molecule has 3 nitrogen and oxygen atoms in total. The number of aliphatic carboxylic acids is 1. The van der Waals surface area contributed by atoms with Gasteiger partial charge in [0.15, 0.2) is 11.2 Å². The van der Waals surface area contributed by atoms with E-state index in [-0.39, 0.29) is 11.7 Å². The summed E-state index contributed by atoms with van der Waals surface area (Å²) < 4.78 is 0. The lowest BCUT2D eigenvalue weighted by Gasteiger charge is -2.25. The van der Waals surface area contributed by atoms with Gasteiger partial charge in [-0.15, -0.1) is 11.6 Å². The van der Waals surface area contributed by atoms with Crippen LogP contribution in [0.15, 0.2) is 12.1 Å². The van der Waals surface area contributed by atoms with Gasteiger partial charge in [0.2, 0.25) is 0 Å². The van der Waals surface area contributed by atoms with Crippen molar-refractivity contribution >= 4 is 35.0 Å². The van der Waals surface area contributed by atoms with Crippen LogP contribution in [0.1, 0.15) is 71.8 Å². The van der Waals surface area contributed by atoms with Gasteiger partial charge in [0.1, 0.15) is 0 Å². The fourth-order valence-corrected chi connectivity index (χ4v) is 3.53. The molecule has 0 spiro atoms. The van der Waals surface area contributed by atoms with Gasteiger partial charge < -0.3 is 5.11 Å². The number of carboxylic acid groups (broad SMARTS) is 1. The maximum Gasteiger partial charge on any atom is 0.326 e. The van der Waals surface area contributed by atoms with E-state index in [1.165, 1.54) is 13.3 Å². The number of carbonyl (C=O) groups is 2. The molecule has 1 unspecified atom stereocenters. The van der Waals surface area contributed by atoms with E-state index < -0.39 is 11.3 Å². The molecule has 1 aliphatic rings. The van der Waals surface area contributed by atoms with Crippen molar-refractivity contribution in [3.05, 3.63) is 33.8 Å². The summed E-state index contributed by atoms with van der Waals surface area (Å²) in [4.78, 5) is 23.0. The molecule has 0 saturated heterocycles. The van der Waals surface area contributed by atoms with Crippen LogP contribution in [0.5, 0.6) is 0 Å². The number of ketones is 1. The van der Waals surface area contributed by atoms with Gasteiger partial charge in [-0.3, -0.25) is 9.59 Å². The van der Waals surface area contributed by atoms with Crippen molar-refractivity contribution in [2.45, 2.75) is 50.3 Å². The topological polar surface area (TPSA) is 54.4 Å².